The summed E-state index contributed by atoms with van der Waals surface area (Å²) in [4.78, 5) is 73.1. The summed E-state index contributed by atoms with van der Waals surface area (Å²) in [5.74, 6) is 0.996. The topological polar surface area (TPSA) is 237 Å². The van der Waals surface area contributed by atoms with Gasteiger partial charge in [-0.15, -0.1) is 0 Å². The Balaban J connectivity index is 5.24. The Morgan fingerprint density at radius 3 is 0.602 bits per heavy atom. The summed E-state index contributed by atoms with van der Waals surface area (Å²) in [6.07, 6.45) is 61.1. The largest absolute Gasteiger partial charge is 0.472 e. The van der Waals surface area contributed by atoms with Gasteiger partial charge in [0.2, 0.25) is 0 Å². The Labute approximate surface area is 632 Å². The fourth-order valence-electron chi connectivity index (χ4n) is 13.0. The average molecular weight is 1510 g/mol. The molecule has 0 aliphatic carbocycles. The highest BCUT2D eigenvalue weighted by atomic mass is 31.2. The maximum atomic E-state index is 13.1. The summed E-state index contributed by atoms with van der Waals surface area (Å²) in [6.45, 7) is 14.3. The number of carbonyl (C=O) groups is 4. The number of carbonyl (C=O) groups excluding carboxylic acids is 4. The Morgan fingerprint density at radius 1 is 0.243 bits per heavy atom. The van der Waals surface area contributed by atoms with E-state index in [0.29, 0.717) is 31.6 Å². The quantitative estimate of drug-likeness (QED) is 0.0222. The van der Waals surface area contributed by atoms with Crippen LogP contribution in [0.15, 0.2) is 0 Å². The van der Waals surface area contributed by atoms with E-state index in [4.69, 9.17) is 37.0 Å². The van der Waals surface area contributed by atoms with E-state index in [2.05, 4.69) is 55.4 Å². The lowest BCUT2D eigenvalue weighted by molar-refractivity contribution is -0.161. The van der Waals surface area contributed by atoms with E-state index >= 15 is 0 Å². The number of aliphatic hydroxyl groups is 1. The molecule has 0 rings (SSSR count). The van der Waals surface area contributed by atoms with E-state index in [1.807, 2.05) is 0 Å². The molecule has 0 aromatic carbocycles. The van der Waals surface area contributed by atoms with Crippen LogP contribution in [0.2, 0.25) is 0 Å². The summed E-state index contributed by atoms with van der Waals surface area (Å²) in [5.41, 5.74) is 0. The predicted octanol–water partition coefficient (Wildman–Crippen LogP) is 25.2. The van der Waals surface area contributed by atoms with Crippen molar-refractivity contribution in [2.24, 2.45) is 23.7 Å². The summed E-state index contributed by atoms with van der Waals surface area (Å²) >= 11 is 0. The van der Waals surface area contributed by atoms with Gasteiger partial charge in [-0.2, -0.15) is 0 Å². The second-order valence-corrected chi connectivity index (χ2v) is 35.0. The van der Waals surface area contributed by atoms with Crippen molar-refractivity contribution in [1.82, 2.24) is 0 Å². The molecule has 3 N–H and O–H groups in total. The number of hydrogen-bond acceptors (Lipinski definition) is 15. The predicted molar refractivity (Wildman–Crippen MR) is 423 cm³/mol. The van der Waals surface area contributed by atoms with Crippen LogP contribution in [0.3, 0.4) is 0 Å². The zero-order chi connectivity index (χ0) is 76.0. The minimum atomic E-state index is -4.97. The zero-order valence-electron chi connectivity index (χ0n) is 68.0. The first kappa shape index (κ1) is 101. The van der Waals surface area contributed by atoms with Crippen molar-refractivity contribution in [2.75, 3.05) is 39.6 Å². The van der Waals surface area contributed by atoms with Crippen LogP contribution in [-0.4, -0.2) is 96.7 Å². The molecule has 0 spiro atoms. The molecule has 0 heterocycles. The van der Waals surface area contributed by atoms with Gasteiger partial charge in [0.15, 0.2) is 12.2 Å². The van der Waals surface area contributed by atoms with E-state index < -0.39 is 97.5 Å². The molecular formula is C84H164O17P2. The summed E-state index contributed by atoms with van der Waals surface area (Å²) in [5, 5.41) is 10.7. The van der Waals surface area contributed by atoms with Crippen molar-refractivity contribution in [1.29, 1.82) is 0 Å². The highest BCUT2D eigenvalue weighted by molar-refractivity contribution is 7.47. The van der Waals surface area contributed by atoms with Crippen LogP contribution < -0.4 is 0 Å². The van der Waals surface area contributed by atoms with Gasteiger partial charge in [0.1, 0.15) is 19.3 Å². The van der Waals surface area contributed by atoms with E-state index in [1.165, 1.54) is 231 Å². The van der Waals surface area contributed by atoms with Crippen LogP contribution in [0.4, 0.5) is 0 Å². The SMILES string of the molecule is CC(C)CCCCCCCCCCCCCCCCCCC(=O)OC[C@H](COP(=O)(O)OCC(O)COP(=O)(O)OC[C@@H](COC(=O)CCCCCCCCCC(C)C)OC(=O)CCCCCCCCCCCCCCCC(C)C)OC(=O)CCCCCCCCCCCCCCCCCC(C)C. The lowest BCUT2D eigenvalue weighted by Crippen LogP contribution is -2.30. The molecule has 0 aromatic heterocycles. The van der Waals surface area contributed by atoms with Gasteiger partial charge in [0.05, 0.1) is 26.4 Å². The fourth-order valence-corrected chi connectivity index (χ4v) is 14.5. The van der Waals surface area contributed by atoms with Crippen LogP contribution in [0.25, 0.3) is 0 Å². The third-order valence-corrected chi connectivity index (χ3v) is 21.5. The van der Waals surface area contributed by atoms with Crippen LogP contribution in [-0.2, 0) is 65.4 Å². The van der Waals surface area contributed by atoms with Gasteiger partial charge >= 0.3 is 39.5 Å². The van der Waals surface area contributed by atoms with Crippen molar-refractivity contribution in [2.45, 2.75) is 453 Å². The van der Waals surface area contributed by atoms with Crippen molar-refractivity contribution >= 4 is 39.5 Å². The van der Waals surface area contributed by atoms with Gasteiger partial charge in [-0.3, -0.25) is 37.3 Å². The van der Waals surface area contributed by atoms with Gasteiger partial charge in [-0.25, -0.2) is 9.13 Å². The van der Waals surface area contributed by atoms with Crippen LogP contribution in [0, 0.1) is 23.7 Å². The van der Waals surface area contributed by atoms with E-state index in [0.717, 1.165) is 114 Å². The molecule has 0 saturated heterocycles. The minimum Gasteiger partial charge on any atom is -0.462 e. The molecule has 5 atom stereocenters. The highest BCUT2D eigenvalue weighted by Crippen LogP contribution is 2.45. The minimum absolute atomic E-state index is 0.106. The normalized spacial score (nSPS) is 14.0. The molecule has 0 bridgehead atoms. The number of rotatable bonds is 81. The lowest BCUT2D eigenvalue weighted by atomic mass is 10.0. The monoisotopic (exact) mass is 1510 g/mol. The van der Waals surface area contributed by atoms with E-state index in [9.17, 15) is 43.2 Å². The zero-order valence-corrected chi connectivity index (χ0v) is 69.7. The molecule has 19 heteroatoms. The summed E-state index contributed by atoms with van der Waals surface area (Å²) < 4.78 is 68.8. The average Bonchev–Trinajstić information content (AvgIpc) is 0.921. The number of aliphatic hydroxyl groups excluding tert-OH is 1. The Morgan fingerprint density at radius 2 is 0.408 bits per heavy atom. The number of esters is 4. The third-order valence-electron chi connectivity index (χ3n) is 19.6. The van der Waals surface area contributed by atoms with Crippen molar-refractivity contribution in [3.8, 4) is 0 Å². The van der Waals surface area contributed by atoms with Gasteiger partial charge in [0, 0.05) is 25.7 Å². The molecule has 0 aromatic rings. The highest BCUT2D eigenvalue weighted by Gasteiger charge is 2.30. The van der Waals surface area contributed by atoms with Crippen LogP contribution in [0.5, 0.6) is 0 Å². The summed E-state index contributed by atoms with van der Waals surface area (Å²) in [7, 11) is -9.93. The maximum Gasteiger partial charge on any atom is 0.472 e. The van der Waals surface area contributed by atoms with Crippen molar-refractivity contribution < 1.29 is 80.2 Å². The molecular weight excluding hydrogens is 1340 g/mol. The Kier molecular flexibility index (Phi) is 71.5. The first-order chi connectivity index (χ1) is 49.6. The Bertz CT molecular complexity index is 2010. The number of phosphoric ester groups is 2. The van der Waals surface area contributed by atoms with Gasteiger partial charge in [-0.05, 0) is 49.4 Å². The lowest BCUT2D eigenvalue weighted by Gasteiger charge is -2.21. The third kappa shape index (κ3) is 78.0. The fraction of sp³-hybridized carbons (Fsp3) is 0.952. The van der Waals surface area contributed by atoms with Gasteiger partial charge < -0.3 is 33.8 Å². The van der Waals surface area contributed by atoms with E-state index in [-0.39, 0.29) is 25.7 Å². The number of hydrogen-bond donors (Lipinski definition) is 3. The van der Waals surface area contributed by atoms with E-state index in [1.54, 1.807) is 0 Å². The first-order valence-electron chi connectivity index (χ1n) is 43.2. The molecule has 0 saturated carbocycles. The Hall–Kier alpha value is -1.94. The second kappa shape index (κ2) is 72.9. The molecule has 0 radical (unpaired) electrons. The van der Waals surface area contributed by atoms with Crippen LogP contribution in [0.1, 0.15) is 434 Å². The van der Waals surface area contributed by atoms with Crippen molar-refractivity contribution in [3.63, 3.8) is 0 Å². The molecule has 612 valence electrons. The van der Waals surface area contributed by atoms with Gasteiger partial charge in [0.25, 0.3) is 0 Å². The maximum absolute atomic E-state index is 13.1. The standard InChI is InChI=1S/C84H164O17P2/c1-74(2)60-52-44-36-29-23-17-12-9-10-14-20-26-32-40-48-56-64-81(86)94-70-79(100-83(88)66-58-50-41-33-27-21-15-11-13-18-24-30-37-45-53-61-75(3)4)72-98-102(90,91)96-68-78(85)69-97-103(92,93)99-73-80(71-95-82(87)65-57-49-43-35-39-47-55-63-77(7)8)101-84(89)67-59-51-42-34-28-22-16-19-25-31-38-46-54-62-76(5)6/h74-80,85H,9-73H2,1-8H3,(H,90,91)(H,92,93)/t78?,79-,80-/m1/s1. The van der Waals surface area contributed by atoms with Crippen molar-refractivity contribution in [3.05, 3.63) is 0 Å². The smallest absolute Gasteiger partial charge is 0.462 e. The molecule has 17 nitrogen and oxygen atoms in total. The summed E-state index contributed by atoms with van der Waals surface area (Å²) in [6, 6.07) is 0. The second-order valence-electron chi connectivity index (χ2n) is 32.1. The molecule has 0 aliphatic rings. The number of phosphoric acid groups is 2. The molecule has 103 heavy (non-hydrogen) atoms. The first-order valence-corrected chi connectivity index (χ1v) is 46.2. The van der Waals surface area contributed by atoms with Gasteiger partial charge in [-0.1, -0.05) is 383 Å². The number of unbranched alkanes of at least 4 members (excludes halogenated alkanes) is 47. The molecule has 0 fully saturated rings. The molecule has 0 amide bonds. The molecule has 3 unspecified atom stereocenters. The van der Waals surface area contributed by atoms with Crippen LogP contribution >= 0.6 is 15.6 Å². The molecule has 0 aliphatic heterocycles. The number of ether oxygens (including phenoxy) is 4.